The van der Waals surface area contributed by atoms with Crippen molar-refractivity contribution in [3.63, 3.8) is 0 Å². The van der Waals surface area contributed by atoms with Crippen LogP contribution in [-0.2, 0) is 10.0 Å². The van der Waals surface area contributed by atoms with Crippen LogP contribution in [0.25, 0.3) is 0 Å². The first kappa shape index (κ1) is 14.1. The Kier molecular flexibility index (Phi) is 3.99. The van der Waals surface area contributed by atoms with E-state index in [0.717, 1.165) is 0 Å². The summed E-state index contributed by atoms with van der Waals surface area (Å²) in [4.78, 5) is 15.6. The number of carbonyl (C=O) groups excluding carboxylic acids is 1. The first-order valence-electron chi connectivity index (χ1n) is 4.90. The minimum atomic E-state index is -3.79. The Morgan fingerprint density at radius 2 is 2.16 bits per heavy atom. The van der Waals surface area contributed by atoms with E-state index in [2.05, 4.69) is 26.2 Å². The molecule has 0 aliphatic rings. The maximum absolute atomic E-state index is 11.7. The fourth-order valence-corrected chi connectivity index (χ4v) is 3.51. The molecule has 0 bridgehead atoms. The number of sulfonamides is 1. The van der Waals surface area contributed by atoms with Gasteiger partial charge in [-0.1, -0.05) is 0 Å². The summed E-state index contributed by atoms with van der Waals surface area (Å²) in [5.74, 6) is -0.364. The second-order valence-electron chi connectivity index (χ2n) is 3.52. The van der Waals surface area contributed by atoms with Gasteiger partial charge in [0.1, 0.15) is 5.69 Å². The molecule has 6 nitrogen and oxygen atoms in total. The van der Waals surface area contributed by atoms with Gasteiger partial charge in [0.15, 0.2) is 0 Å². The van der Waals surface area contributed by atoms with Gasteiger partial charge in [0, 0.05) is 15.5 Å². The molecule has 0 aliphatic carbocycles. The lowest BCUT2D eigenvalue weighted by atomic mass is 10.3. The summed E-state index contributed by atoms with van der Waals surface area (Å²) in [5.41, 5.74) is 2.29. The molecule has 0 unspecified atom stereocenters. The van der Waals surface area contributed by atoms with Crippen molar-refractivity contribution < 1.29 is 13.2 Å². The van der Waals surface area contributed by atoms with Gasteiger partial charge >= 0.3 is 0 Å². The summed E-state index contributed by atoms with van der Waals surface area (Å²) in [6, 6.07) is 4.23. The van der Waals surface area contributed by atoms with E-state index in [9.17, 15) is 13.2 Å². The molecule has 2 aromatic rings. The SMILES string of the molecule is NS(=O)(=O)c1ccc(NC(=O)c2cscn2)cc1Br. The van der Waals surface area contributed by atoms with E-state index in [4.69, 9.17) is 5.14 Å². The van der Waals surface area contributed by atoms with Gasteiger partial charge in [0.25, 0.3) is 5.91 Å². The van der Waals surface area contributed by atoms with E-state index in [1.807, 2.05) is 0 Å². The lowest BCUT2D eigenvalue weighted by molar-refractivity contribution is 0.102. The number of nitrogens with one attached hydrogen (secondary N) is 1. The lowest BCUT2D eigenvalue weighted by Gasteiger charge is -2.06. The van der Waals surface area contributed by atoms with Gasteiger partial charge in [0.2, 0.25) is 10.0 Å². The Hall–Kier alpha value is -1.29. The number of nitrogens with two attached hydrogens (primary N) is 1. The zero-order valence-electron chi connectivity index (χ0n) is 9.33. The number of halogens is 1. The molecule has 1 amide bonds. The second kappa shape index (κ2) is 5.37. The number of carbonyl (C=O) groups is 1. The maximum atomic E-state index is 11.7. The smallest absolute Gasteiger partial charge is 0.275 e. The normalized spacial score (nSPS) is 11.3. The van der Waals surface area contributed by atoms with Gasteiger partial charge in [-0.2, -0.15) is 0 Å². The molecule has 0 saturated heterocycles. The van der Waals surface area contributed by atoms with E-state index < -0.39 is 10.0 Å². The zero-order chi connectivity index (χ0) is 14.0. The number of aromatic nitrogens is 1. The number of primary sulfonamides is 1. The van der Waals surface area contributed by atoms with Crippen molar-refractivity contribution in [2.45, 2.75) is 4.90 Å². The first-order valence-corrected chi connectivity index (χ1v) is 8.18. The molecule has 9 heteroatoms. The molecule has 19 heavy (non-hydrogen) atoms. The first-order chi connectivity index (χ1) is 8.88. The average molecular weight is 362 g/mol. The van der Waals surface area contributed by atoms with Crippen LogP contribution in [-0.4, -0.2) is 19.3 Å². The Morgan fingerprint density at radius 3 is 2.68 bits per heavy atom. The van der Waals surface area contributed by atoms with Crippen molar-refractivity contribution in [3.8, 4) is 0 Å². The summed E-state index contributed by atoms with van der Waals surface area (Å²) in [7, 11) is -3.79. The van der Waals surface area contributed by atoms with Crippen LogP contribution in [0, 0.1) is 0 Å². The van der Waals surface area contributed by atoms with Crippen molar-refractivity contribution in [2.24, 2.45) is 5.14 Å². The summed E-state index contributed by atoms with van der Waals surface area (Å²) < 4.78 is 22.7. The van der Waals surface area contributed by atoms with Gasteiger partial charge in [-0.25, -0.2) is 18.5 Å². The van der Waals surface area contributed by atoms with Crippen molar-refractivity contribution in [1.82, 2.24) is 4.98 Å². The molecular weight excluding hydrogens is 354 g/mol. The Morgan fingerprint density at radius 1 is 1.42 bits per heavy atom. The fourth-order valence-electron chi connectivity index (χ4n) is 1.33. The molecule has 0 fully saturated rings. The monoisotopic (exact) mass is 361 g/mol. The molecule has 0 radical (unpaired) electrons. The summed E-state index contributed by atoms with van der Waals surface area (Å²) >= 11 is 4.41. The van der Waals surface area contributed by atoms with Crippen LogP contribution in [0.1, 0.15) is 10.5 Å². The van der Waals surface area contributed by atoms with Gasteiger partial charge in [0.05, 0.1) is 10.4 Å². The van der Waals surface area contributed by atoms with Crippen LogP contribution in [0.5, 0.6) is 0 Å². The summed E-state index contributed by atoms with van der Waals surface area (Å²) in [6.45, 7) is 0. The Labute approximate surface area is 121 Å². The molecule has 2 rings (SSSR count). The number of rotatable bonds is 3. The molecule has 100 valence electrons. The second-order valence-corrected chi connectivity index (χ2v) is 6.62. The van der Waals surface area contributed by atoms with Crippen LogP contribution < -0.4 is 10.5 Å². The van der Waals surface area contributed by atoms with E-state index in [-0.39, 0.29) is 15.3 Å². The van der Waals surface area contributed by atoms with Gasteiger partial charge < -0.3 is 5.32 Å². The maximum Gasteiger partial charge on any atom is 0.275 e. The van der Waals surface area contributed by atoms with Crippen molar-refractivity contribution >= 4 is 48.9 Å². The third-order valence-corrected chi connectivity index (χ3v) is 4.64. The number of hydrogen-bond acceptors (Lipinski definition) is 5. The van der Waals surface area contributed by atoms with Crippen LogP contribution >= 0.6 is 27.3 Å². The molecule has 3 N–H and O–H groups in total. The largest absolute Gasteiger partial charge is 0.321 e. The topological polar surface area (TPSA) is 102 Å². The highest BCUT2D eigenvalue weighted by Crippen LogP contribution is 2.24. The minimum Gasteiger partial charge on any atom is -0.321 e. The molecule has 1 heterocycles. The zero-order valence-corrected chi connectivity index (χ0v) is 12.5. The average Bonchev–Trinajstić information content (AvgIpc) is 2.80. The molecule has 0 atom stereocenters. The van der Waals surface area contributed by atoms with Gasteiger partial charge in [-0.15, -0.1) is 11.3 Å². The standard InChI is InChI=1S/C10H8BrN3O3S2/c11-7-3-6(1-2-9(7)19(12,16)17)14-10(15)8-4-18-5-13-8/h1-5H,(H,14,15)(H2,12,16,17). The molecule has 1 aromatic heterocycles. The van der Waals surface area contributed by atoms with Crippen molar-refractivity contribution in [2.75, 3.05) is 5.32 Å². The molecular formula is C10H8BrN3O3S2. The summed E-state index contributed by atoms with van der Waals surface area (Å²) in [5, 5.41) is 9.25. The van der Waals surface area contributed by atoms with Crippen LogP contribution in [0.2, 0.25) is 0 Å². The van der Waals surface area contributed by atoms with E-state index in [0.29, 0.717) is 11.4 Å². The lowest BCUT2D eigenvalue weighted by Crippen LogP contribution is -2.14. The van der Waals surface area contributed by atoms with Crippen molar-refractivity contribution in [1.29, 1.82) is 0 Å². The molecule has 0 saturated carbocycles. The van der Waals surface area contributed by atoms with E-state index in [1.54, 1.807) is 10.9 Å². The van der Waals surface area contributed by atoms with E-state index >= 15 is 0 Å². The molecule has 0 spiro atoms. The molecule has 0 aliphatic heterocycles. The summed E-state index contributed by atoms with van der Waals surface area (Å²) in [6.07, 6.45) is 0. The van der Waals surface area contributed by atoms with E-state index in [1.165, 1.54) is 29.5 Å². The molecule has 1 aromatic carbocycles. The highest BCUT2D eigenvalue weighted by molar-refractivity contribution is 9.10. The highest BCUT2D eigenvalue weighted by Gasteiger charge is 2.14. The third kappa shape index (κ3) is 3.38. The minimum absolute atomic E-state index is 0.0424. The van der Waals surface area contributed by atoms with Gasteiger partial charge in [-0.3, -0.25) is 4.79 Å². The third-order valence-electron chi connectivity index (χ3n) is 2.16. The highest BCUT2D eigenvalue weighted by atomic mass is 79.9. The number of amides is 1. The van der Waals surface area contributed by atoms with Crippen LogP contribution in [0.4, 0.5) is 5.69 Å². The van der Waals surface area contributed by atoms with Crippen LogP contribution in [0.15, 0.2) is 38.5 Å². The Balaban J connectivity index is 2.24. The number of thiazole rings is 1. The van der Waals surface area contributed by atoms with Crippen molar-refractivity contribution in [3.05, 3.63) is 39.3 Å². The predicted molar refractivity (Wildman–Crippen MR) is 75.6 cm³/mol. The number of anilines is 1. The quantitative estimate of drug-likeness (QED) is 0.869. The predicted octanol–water partition coefficient (Wildman–Crippen LogP) is 1.81. The number of hydrogen-bond donors (Lipinski definition) is 2. The van der Waals surface area contributed by atoms with Gasteiger partial charge in [-0.05, 0) is 34.1 Å². The van der Waals surface area contributed by atoms with Crippen LogP contribution in [0.3, 0.4) is 0 Å². The number of benzene rings is 1. The Bertz CT molecular complexity index is 714. The number of nitrogens with zero attached hydrogens (tertiary/aromatic N) is 1. The fraction of sp³-hybridized carbons (Fsp3) is 0.